The van der Waals surface area contributed by atoms with E-state index >= 15 is 0 Å². The zero-order chi connectivity index (χ0) is 20.1. The Kier molecular flexibility index (Phi) is 5.79. The summed E-state index contributed by atoms with van der Waals surface area (Å²) in [7, 11) is 0. The Morgan fingerprint density at radius 2 is 2.07 bits per heavy atom. The minimum absolute atomic E-state index is 0.0105. The first-order valence-electron chi connectivity index (χ1n) is 8.68. The van der Waals surface area contributed by atoms with Crippen LogP contribution >= 0.6 is 11.8 Å². The topological polar surface area (TPSA) is 111 Å². The van der Waals surface area contributed by atoms with Gasteiger partial charge in [0.25, 0.3) is 5.69 Å². The van der Waals surface area contributed by atoms with Gasteiger partial charge in [0.2, 0.25) is 5.91 Å². The zero-order valence-corrected chi connectivity index (χ0v) is 16.1. The lowest BCUT2D eigenvalue weighted by Gasteiger charge is -2.30. The van der Waals surface area contributed by atoms with Crippen LogP contribution in [0.1, 0.15) is 24.5 Å². The number of nitrogens with zero attached hydrogens (tertiary/aromatic N) is 2. The molecule has 0 aliphatic carbocycles. The van der Waals surface area contributed by atoms with Gasteiger partial charge in [-0.05, 0) is 54.8 Å². The number of rotatable bonds is 5. The van der Waals surface area contributed by atoms with E-state index in [9.17, 15) is 14.9 Å². The molecular formula is C20H20N4O3S. The molecule has 0 spiro atoms. The van der Waals surface area contributed by atoms with Gasteiger partial charge in [0.15, 0.2) is 5.17 Å². The predicted octanol–water partition coefficient (Wildman–Crippen LogP) is 3.91. The molecule has 1 aliphatic rings. The molecule has 0 radical (unpaired) electrons. The van der Waals surface area contributed by atoms with Gasteiger partial charge in [0, 0.05) is 29.6 Å². The Balaban J connectivity index is 1.69. The molecule has 2 aromatic rings. The van der Waals surface area contributed by atoms with E-state index < -0.39 is 10.5 Å². The van der Waals surface area contributed by atoms with E-state index in [1.807, 2.05) is 31.2 Å². The first-order chi connectivity index (χ1) is 13.4. The normalized spacial score (nSPS) is 19.2. The molecule has 3 N–H and O–H groups in total. The van der Waals surface area contributed by atoms with Crippen molar-refractivity contribution in [2.24, 2.45) is 10.7 Å². The summed E-state index contributed by atoms with van der Waals surface area (Å²) in [4.78, 5) is 27.0. The summed E-state index contributed by atoms with van der Waals surface area (Å²) >= 11 is 1.55. The fourth-order valence-electron chi connectivity index (χ4n) is 2.89. The highest BCUT2D eigenvalue weighted by atomic mass is 32.2. The largest absolute Gasteiger partial charge is 0.379 e. The summed E-state index contributed by atoms with van der Waals surface area (Å²) < 4.78 is 0. The van der Waals surface area contributed by atoms with Crippen molar-refractivity contribution in [1.82, 2.24) is 0 Å². The third kappa shape index (κ3) is 4.77. The summed E-state index contributed by atoms with van der Waals surface area (Å²) in [5.41, 5.74) is 7.86. The number of nitro groups is 1. The van der Waals surface area contributed by atoms with Gasteiger partial charge in [0.05, 0.1) is 10.5 Å². The molecule has 3 rings (SSSR count). The van der Waals surface area contributed by atoms with Crippen LogP contribution in [0, 0.1) is 10.1 Å². The smallest absolute Gasteiger partial charge is 0.269 e. The molecule has 7 nitrogen and oxygen atoms in total. The first-order valence-corrected chi connectivity index (χ1v) is 9.66. The number of thioether (sulfide) groups is 1. The number of anilines is 1. The summed E-state index contributed by atoms with van der Waals surface area (Å²) in [6.45, 7) is 2.04. The van der Waals surface area contributed by atoms with Crippen LogP contribution in [0.2, 0.25) is 0 Å². The fraction of sp³-hybridized carbons (Fsp3) is 0.200. The van der Waals surface area contributed by atoms with Crippen LogP contribution in [-0.2, 0) is 10.3 Å². The lowest BCUT2D eigenvalue weighted by atomic mass is 9.89. The average Bonchev–Trinajstić information content (AvgIpc) is 2.67. The number of hydrogen-bond acceptors (Lipinski definition) is 6. The third-order valence-electron chi connectivity index (χ3n) is 4.48. The highest BCUT2D eigenvalue weighted by molar-refractivity contribution is 8.13. The van der Waals surface area contributed by atoms with Gasteiger partial charge in [-0.3, -0.25) is 19.9 Å². The van der Waals surface area contributed by atoms with Gasteiger partial charge >= 0.3 is 0 Å². The number of amidine groups is 1. The molecule has 8 heteroatoms. The van der Waals surface area contributed by atoms with Gasteiger partial charge in [-0.2, -0.15) is 0 Å². The zero-order valence-electron chi connectivity index (χ0n) is 15.3. The van der Waals surface area contributed by atoms with Gasteiger partial charge in [0.1, 0.15) is 0 Å². The van der Waals surface area contributed by atoms with Crippen molar-refractivity contribution < 1.29 is 9.72 Å². The second-order valence-electron chi connectivity index (χ2n) is 6.57. The fourth-order valence-corrected chi connectivity index (χ4v) is 3.86. The summed E-state index contributed by atoms with van der Waals surface area (Å²) in [5, 5.41) is 14.1. The molecule has 0 bridgehead atoms. The lowest BCUT2D eigenvalue weighted by Crippen LogP contribution is -2.28. The molecule has 2 aromatic carbocycles. The average molecular weight is 396 g/mol. The van der Waals surface area contributed by atoms with Crippen LogP contribution < -0.4 is 11.1 Å². The number of hydrogen-bond donors (Lipinski definition) is 2. The second kappa shape index (κ2) is 8.26. The molecule has 1 atom stereocenters. The van der Waals surface area contributed by atoms with Crippen LogP contribution in [-0.4, -0.2) is 21.8 Å². The lowest BCUT2D eigenvalue weighted by molar-refractivity contribution is -0.384. The number of aliphatic imine (C=N–C) groups is 1. The van der Waals surface area contributed by atoms with Crippen LogP contribution in [0.25, 0.3) is 6.08 Å². The Hall–Kier alpha value is -3.13. The van der Waals surface area contributed by atoms with Crippen molar-refractivity contribution in [3.8, 4) is 0 Å². The van der Waals surface area contributed by atoms with Gasteiger partial charge in [-0.1, -0.05) is 23.9 Å². The maximum atomic E-state index is 12.2. The molecule has 0 fully saturated rings. The van der Waals surface area contributed by atoms with Gasteiger partial charge in [-0.25, -0.2) is 0 Å². The summed E-state index contributed by atoms with van der Waals surface area (Å²) in [5.74, 6) is 0.614. The van der Waals surface area contributed by atoms with E-state index in [1.165, 1.54) is 18.2 Å². The number of amides is 1. The van der Waals surface area contributed by atoms with E-state index in [0.717, 1.165) is 17.7 Å². The van der Waals surface area contributed by atoms with Gasteiger partial charge in [-0.15, -0.1) is 0 Å². The van der Waals surface area contributed by atoms with Crippen molar-refractivity contribution in [2.45, 2.75) is 18.9 Å². The van der Waals surface area contributed by atoms with Crippen molar-refractivity contribution in [3.05, 3.63) is 75.8 Å². The predicted molar refractivity (Wildman–Crippen MR) is 113 cm³/mol. The summed E-state index contributed by atoms with van der Waals surface area (Å²) in [6, 6.07) is 13.6. The number of non-ortho nitro benzene ring substituents is 1. The maximum Gasteiger partial charge on any atom is 0.269 e. The monoisotopic (exact) mass is 396 g/mol. The van der Waals surface area contributed by atoms with E-state index in [4.69, 9.17) is 5.73 Å². The standard InChI is InChI=1S/C20H20N4O3S/c1-20(11-12-28-19(21)23-20)15-3-2-4-16(13-15)22-18(25)10-7-14-5-8-17(9-6-14)24(26)27/h2-10,13H,11-12H2,1H3,(H2,21,23)(H,22,25)/b10-7+. The van der Waals surface area contributed by atoms with Crippen molar-refractivity contribution in [1.29, 1.82) is 0 Å². The molecule has 1 amide bonds. The highest BCUT2D eigenvalue weighted by Gasteiger charge is 2.29. The molecule has 0 saturated carbocycles. The minimum Gasteiger partial charge on any atom is -0.379 e. The Morgan fingerprint density at radius 1 is 1.32 bits per heavy atom. The van der Waals surface area contributed by atoms with E-state index in [0.29, 0.717) is 16.4 Å². The maximum absolute atomic E-state index is 12.2. The number of nitrogens with two attached hydrogens (primary N) is 1. The molecule has 144 valence electrons. The van der Waals surface area contributed by atoms with Crippen LogP contribution in [0.15, 0.2) is 59.6 Å². The van der Waals surface area contributed by atoms with Gasteiger partial charge < -0.3 is 11.1 Å². The molecule has 1 unspecified atom stereocenters. The van der Waals surface area contributed by atoms with E-state index in [1.54, 1.807) is 30.0 Å². The van der Waals surface area contributed by atoms with Crippen LogP contribution in [0.5, 0.6) is 0 Å². The third-order valence-corrected chi connectivity index (χ3v) is 5.27. The second-order valence-corrected chi connectivity index (χ2v) is 7.69. The van der Waals surface area contributed by atoms with E-state index in [-0.39, 0.29) is 11.6 Å². The molecular weight excluding hydrogens is 376 g/mol. The Labute approximate surface area is 166 Å². The quantitative estimate of drug-likeness (QED) is 0.452. The molecule has 1 heterocycles. The van der Waals surface area contributed by atoms with Crippen molar-refractivity contribution in [2.75, 3.05) is 11.1 Å². The molecule has 1 aliphatic heterocycles. The molecule has 0 aromatic heterocycles. The molecule has 0 saturated heterocycles. The van der Waals surface area contributed by atoms with Crippen LogP contribution in [0.3, 0.4) is 0 Å². The minimum atomic E-state index is -0.462. The Bertz CT molecular complexity index is 956. The Morgan fingerprint density at radius 3 is 2.75 bits per heavy atom. The SMILES string of the molecule is CC1(c2cccc(NC(=O)/C=C/c3ccc([N+](=O)[O-])cc3)c2)CCSC(N)=N1. The number of carbonyl (C=O) groups is 1. The van der Waals surface area contributed by atoms with Crippen LogP contribution in [0.4, 0.5) is 11.4 Å². The van der Waals surface area contributed by atoms with Crippen molar-refractivity contribution >= 4 is 40.3 Å². The number of carbonyl (C=O) groups excluding carboxylic acids is 1. The number of benzene rings is 2. The molecule has 28 heavy (non-hydrogen) atoms. The number of nitro benzene ring substituents is 1. The highest BCUT2D eigenvalue weighted by Crippen LogP contribution is 2.35. The number of nitrogens with one attached hydrogen (secondary N) is 1. The summed E-state index contributed by atoms with van der Waals surface area (Å²) in [6.07, 6.45) is 3.87. The first kappa shape index (κ1) is 19.6. The van der Waals surface area contributed by atoms with Crippen molar-refractivity contribution in [3.63, 3.8) is 0 Å². The van der Waals surface area contributed by atoms with E-state index in [2.05, 4.69) is 10.3 Å².